The Labute approximate surface area is 91.4 Å². The van der Waals surface area contributed by atoms with E-state index in [0.717, 1.165) is 11.3 Å². The van der Waals surface area contributed by atoms with Crippen molar-refractivity contribution in [3.8, 4) is 5.75 Å². The lowest BCUT2D eigenvalue weighted by atomic mass is 10.2. The average molecular weight is 217 g/mol. The molecule has 4 heteroatoms. The standard InChI is InChI=1S/C12H11NO3/c1-8-11(12(14)16-13-8)7-9-3-5-10(15-2)6-4-9/h3-7,13H,1H2,2H3/b11-7-. The molecule has 2 aromatic rings. The first-order valence-electron chi connectivity index (χ1n) is 4.73. The molecule has 1 N–H and O–H groups in total. The van der Waals surface area contributed by atoms with Crippen LogP contribution >= 0.6 is 0 Å². The summed E-state index contributed by atoms with van der Waals surface area (Å²) < 4.78 is 9.65. The molecule has 0 fully saturated rings. The van der Waals surface area contributed by atoms with Crippen LogP contribution < -0.4 is 20.9 Å². The van der Waals surface area contributed by atoms with Crippen molar-refractivity contribution in [2.24, 2.45) is 0 Å². The van der Waals surface area contributed by atoms with Crippen LogP contribution in [0, 0.1) is 0 Å². The number of ether oxygens (including phenoxy) is 1. The molecule has 82 valence electrons. The fourth-order valence-electron chi connectivity index (χ4n) is 1.35. The van der Waals surface area contributed by atoms with Gasteiger partial charge < -0.3 is 9.26 Å². The van der Waals surface area contributed by atoms with Crippen LogP contribution in [0.4, 0.5) is 0 Å². The lowest BCUT2D eigenvalue weighted by molar-refractivity contribution is 0.386. The number of aromatic amines is 1. The van der Waals surface area contributed by atoms with Crippen LogP contribution in [-0.4, -0.2) is 12.3 Å². The highest BCUT2D eigenvalue weighted by molar-refractivity contribution is 5.50. The van der Waals surface area contributed by atoms with Crippen molar-refractivity contribution < 1.29 is 9.26 Å². The van der Waals surface area contributed by atoms with Gasteiger partial charge in [-0.3, -0.25) is 0 Å². The summed E-state index contributed by atoms with van der Waals surface area (Å²) in [5.41, 5.74) is 0.471. The zero-order chi connectivity index (χ0) is 11.5. The second kappa shape index (κ2) is 4.10. The van der Waals surface area contributed by atoms with Gasteiger partial charge in [-0.2, -0.15) is 0 Å². The molecule has 0 spiro atoms. The Balaban J connectivity index is 2.51. The molecule has 0 aliphatic carbocycles. The smallest absolute Gasteiger partial charge is 0.365 e. The monoisotopic (exact) mass is 217 g/mol. The largest absolute Gasteiger partial charge is 0.497 e. The van der Waals surface area contributed by atoms with E-state index in [4.69, 9.17) is 4.74 Å². The number of H-pyrrole nitrogens is 1. The van der Waals surface area contributed by atoms with E-state index in [9.17, 15) is 4.79 Å². The van der Waals surface area contributed by atoms with Crippen molar-refractivity contribution in [1.29, 1.82) is 0 Å². The highest BCUT2D eigenvalue weighted by Gasteiger charge is 1.96. The Bertz CT molecular complexity index is 604. The highest BCUT2D eigenvalue weighted by Crippen LogP contribution is 2.11. The van der Waals surface area contributed by atoms with Crippen molar-refractivity contribution in [2.45, 2.75) is 0 Å². The molecular weight excluding hydrogens is 206 g/mol. The quantitative estimate of drug-likeness (QED) is 0.782. The van der Waals surface area contributed by atoms with Gasteiger partial charge in [-0.15, -0.1) is 0 Å². The van der Waals surface area contributed by atoms with E-state index in [1.54, 1.807) is 13.2 Å². The van der Waals surface area contributed by atoms with Crippen LogP contribution in [0.3, 0.4) is 0 Å². The van der Waals surface area contributed by atoms with Gasteiger partial charge in [0.1, 0.15) is 5.75 Å². The molecule has 1 aromatic heterocycles. The molecule has 0 unspecified atom stereocenters. The zero-order valence-corrected chi connectivity index (χ0v) is 8.82. The van der Waals surface area contributed by atoms with Crippen LogP contribution in [0.1, 0.15) is 5.56 Å². The molecule has 0 radical (unpaired) electrons. The van der Waals surface area contributed by atoms with Gasteiger partial charge in [-0.1, -0.05) is 18.7 Å². The van der Waals surface area contributed by atoms with Gasteiger partial charge in [0.15, 0.2) is 0 Å². The van der Waals surface area contributed by atoms with Crippen LogP contribution in [0.2, 0.25) is 0 Å². The van der Waals surface area contributed by atoms with Gasteiger partial charge in [0.05, 0.1) is 17.7 Å². The third kappa shape index (κ3) is 1.91. The normalized spacial score (nSPS) is 11.7. The Hall–Kier alpha value is -2.23. The van der Waals surface area contributed by atoms with E-state index in [0.29, 0.717) is 10.6 Å². The van der Waals surface area contributed by atoms with Crippen LogP contribution in [0.25, 0.3) is 12.7 Å². The van der Waals surface area contributed by atoms with Crippen molar-refractivity contribution in [3.05, 3.63) is 50.8 Å². The fourth-order valence-corrected chi connectivity index (χ4v) is 1.35. The molecule has 0 aliphatic heterocycles. The minimum absolute atomic E-state index is 0.416. The Kier molecular flexibility index (Phi) is 2.64. The molecule has 2 rings (SSSR count). The molecule has 0 saturated carbocycles. The number of rotatable bonds is 2. The molecule has 1 aromatic carbocycles. The predicted octanol–water partition coefficient (Wildman–Crippen LogP) is 0.216. The van der Waals surface area contributed by atoms with E-state index in [2.05, 4.69) is 16.3 Å². The van der Waals surface area contributed by atoms with Gasteiger partial charge >= 0.3 is 5.63 Å². The summed E-state index contributed by atoms with van der Waals surface area (Å²) in [6, 6.07) is 7.35. The topological polar surface area (TPSA) is 55.2 Å². The number of hydrogen-bond acceptors (Lipinski definition) is 3. The maximum atomic E-state index is 11.3. The molecule has 0 saturated heterocycles. The average Bonchev–Trinajstić information content (AvgIpc) is 2.62. The third-order valence-corrected chi connectivity index (χ3v) is 2.24. The van der Waals surface area contributed by atoms with E-state index in [1.807, 2.05) is 24.3 Å². The van der Waals surface area contributed by atoms with Crippen LogP contribution in [-0.2, 0) is 0 Å². The number of aromatic nitrogens is 1. The van der Waals surface area contributed by atoms with Gasteiger partial charge in [0.2, 0.25) is 0 Å². The summed E-state index contributed by atoms with van der Waals surface area (Å²) >= 11 is 0. The SMILES string of the molecule is C=c1[nH]oc(=O)/c1=C\c1ccc(OC)cc1. The second-order valence-electron chi connectivity index (χ2n) is 3.30. The van der Waals surface area contributed by atoms with E-state index in [1.165, 1.54) is 0 Å². The predicted molar refractivity (Wildman–Crippen MR) is 60.7 cm³/mol. The zero-order valence-electron chi connectivity index (χ0n) is 8.82. The Morgan fingerprint density at radius 3 is 2.56 bits per heavy atom. The Morgan fingerprint density at radius 1 is 1.38 bits per heavy atom. The van der Waals surface area contributed by atoms with Crippen molar-refractivity contribution >= 4 is 12.7 Å². The molecular formula is C12H11NO3. The molecule has 1 heterocycles. The van der Waals surface area contributed by atoms with E-state index in [-0.39, 0.29) is 0 Å². The minimum Gasteiger partial charge on any atom is -0.497 e. The lowest BCUT2D eigenvalue weighted by Crippen LogP contribution is -2.31. The summed E-state index contributed by atoms with van der Waals surface area (Å²) in [6.45, 7) is 3.67. The summed E-state index contributed by atoms with van der Waals surface area (Å²) in [5.74, 6) is 0.771. The fraction of sp³-hybridized carbons (Fsp3) is 0.0833. The first-order valence-corrected chi connectivity index (χ1v) is 4.73. The summed E-state index contributed by atoms with van der Waals surface area (Å²) in [7, 11) is 1.60. The van der Waals surface area contributed by atoms with Crippen molar-refractivity contribution in [3.63, 3.8) is 0 Å². The highest BCUT2D eigenvalue weighted by atomic mass is 16.5. The minimum atomic E-state index is -0.416. The van der Waals surface area contributed by atoms with Crippen LogP contribution in [0.5, 0.6) is 5.75 Å². The second-order valence-corrected chi connectivity index (χ2v) is 3.30. The molecule has 0 bridgehead atoms. The third-order valence-electron chi connectivity index (χ3n) is 2.24. The summed E-state index contributed by atoms with van der Waals surface area (Å²) in [6.07, 6.45) is 1.71. The molecule has 4 nitrogen and oxygen atoms in total. The maximum absolute atomic E-state index is 11.3. The number of hydrogen-bond donors (Lipinski definition) is 1. The maximum Gasteiger partial charge on any atom is 0.365 e. The van der Waals surface area contributed by atoms with Crippen molar-refractivity contribution in [1.82, 2.24) is 5.16 Å². The number of benzene rings is 1. The first kappa shape index (κ1) is 10.3. The Morgan fingerprint density at radius 2 is 2.06 bits per heavy atom. The van der Waals surface area contributed by atoms with E-state index < -0.39 is 5.63 Å². The van der Waals surface area contributed by atoms with Gasteiger partial charge in [-0.25, -0.2) is 9.95 Å². The van der Waals surface area contributed by atoms with Crippen molar-refractivity contribution in [2.75, 3.05) is 7.11 Å². The lowest BCUT2D eigenvalue weighted by Gasteiger charge is -1.98. The van der Waals surface area contributed by atoms with Gasteiger partial charge in [0.25, 0.3) is 0 Å². The summed E-state index contributed by atoms with van der Waals surface area (Å²) in [4.78, 5) is 11.3. The number of nitrogens with one attached hydrogen (secondary N) is 1. The molecule has 0 atom stereocenters. The molecule has 0 amide bonds. The molecule has 16 heavy (non-hydrogen) atoms. The number of methoxy groups -OCH3 is 1. The first-order chi connectivity index (χ1) is 7.70. The van der Waals surface area contributed by atoms with Gasteiger partial charge in [-0.05, 0) is 23.8 Å². The van der Waals surface area contributed by atoms with E-state index >= 15 is 0 Å². The summed E-state index contributed by atoms with van der Waals surface area (Å²) in [5, 5.41) is 3.33. The van der Waals surface area contributed by atoms with Gasteiger partial charge in [0, 0.05) is 0 Å². The van der Waals surface area contributed by atoms with Crippen LogP contribution in [0.15, 0.2) is 33.6 Å². The molecule has 0 aliphatic rings.